The molecule has 2 aromatic heterocycles. The van der Waals surface area contributed by atoms with Gasteiger partial charge in [-0.05, 0) is 37.1 Å². The third kappa shape index (κ3) is 2.95. The summed E-state index contributed by atoms with van der Waals surface area (Å²) in [6, 6.07) is 12.7. The molecule has 0 radical (unpaired) electrons. The van der Waals surface area contributed by atoms with Gasteiger partial charge in [0, 0.05) is 16.8 Å². The maximum atomic E-state index is 13.1. The molecule has 1 unspecified atom stereocenters. The number of benzene rings is 1. The van der Waals surface area contributed by atoms with Crippen molar-refractivity contribution in [2.45, 2.75) is 18.9 Å². The first-order valence-corrected chi connectivity index (χ1v) is 9.50. The summed E-state index contributed by atoms with van der Waals surface area (Å²) in [6.45, 7) is 0.662. The molecule has 1 fully saturated rings. The molecule has 26 heavy (non-hydrogen) atoms. The zero-order chi connectivity index (χ0) is 18.3. The smallest absolute Gasteiger partial charge is 0.273 e. The molecule has 1 aromatic carbocycles. The van der Waals surface area contributed by atoms with Crippen molar-refractivity contribution in [3.05, 3.63) is 62.9 Å². The van der Waals surface area contributed by atoms with Crippen molar-refractivity contribution in [2.75, 3.05) is 6.54 Å². The molecule has 1 atom stereocenters. The number of fused-ring (bicyclic) bond motifs is 1. The minimum atomic E-state index is -0.442. The Labute approximate surface area is 159 Å². The molecule has 4 rings (SSSR count). The van der Waals surface area contributed by atoms with Gasteiger partial charge in [-0.15, -0.1) is 11.3 Å². The third-order valence-electron chi connectivity index (χ3n) is 4.60. The average molecular weight is 386 g/mol. The highest BCUT2D eigenvalue weighted by atomic mass is 35.5. The van der Waals surface area contributed by atoms with E-state index in [1.807, 2.05) is 29.2 Å². The number of primary amides is 1. The lowest BCUT2D eigenvalue weighted by molar-refractivity contribution is 0.0732. The Kier molecular flexibility index (Phi) is 4.38. The lowest BCUT2D eigenvalue weighted by Gasteiger charge is -2.23. The van der Waals surface area contributed by atoms with Crippen LogP contribution in [-0.4, -0.2) is 28.2 Å². The van der Waals surface area contributed by atoms with Crippen molar-refractivity contribution < 1.29 is 9.59 Å². The summed E-state index contributed by atoms with van der Waals surface area (Å²) in [4.78, 5) is 32.2. The van der Waals surface area contributed by atoms with Gasteiger partial charge in [-0.25, -0.2) is 4.98 Å². The van der Waals surface area contributed by atoms with Gasteiger partial charge in [0.15, 0.2) is 0 Å². The number of carbonyl (C=O) groups is 2. The second-order valence-corrected chi connectivity index (χ2v) is 7.75. The normalized spacial score (nSPS) is 17.0. The van der Waals surface area contributed by atoms with Gasteiger partial charge in [-0.2, -0.15) is 0 Å². The molecule has 132 valence electrons. The lowest BCUT2D eigenvalue weighted by atomic mass is 10.1. The van der Waals surface area contributed by atoms with Gasteiger partial charge in [0.05, 0.1) is 21.5 Å². The number of halogens is 1. The molecule has 0 aliphatic carbocycles. The zero-order valence-electron chi connectivity index (χ0n) is 13.8. The number of rotatable bonds is 3. The number of nitrogens with zero attached hydrogens (tertiary/aromatic N) is 2. The summed E-state index contributed by atoms with van der Waals surface area (Å²) in [7, 11) is 0. The number of likely N-dealkylation sites (tertiary alicyclic amines) is 1. The van der Waals surface area contributed by atoms with Crippen LogP contribution in [0.1, 0.15) is 43.9 Å². The van der Waals surface area contributed by atoms with Gasteiger partial charge in [-0.3, -0.25) is 9.59 Å². The van der Waals surface area contributed by atoms with Crippen LogP contribution in [0.15, 0.2) is 42.5 Å². The maximum Gasteiger partial charge on any atom is 0.273 e. The lowest BCUT2D eigenvalue weighted by Crippen LogP contribution is -2.30. The molecule has 1 saturated heterocycles. The predicted molar refractivity (Wildman–Crippen MR) is 103 cm³/mol. The summed E-state index contributed by atoms with van der Waals surface area (Å²) in [5, 5.41) is 1.43. The molecule has 1 aliphatic rings. The number of nitrogens with two attached hydrogens (primary N) is 1. The van der Waals surface area contributed by atoms with Crippen molar-refractivity contribution in [1.82, 2.24) is 9.88 Å². The van der Waals surface area contributed by atoms with Gasteiger partial charge in [0.2, 0.25) is 0 Å². The highest BCUT2D eigenvalue weighted by Gasteiger charge is 2.32. The Morgan fingerprint density at radius 1 is 1.19 bits per heavy atom. The van der Waals surface area contributed by atoms with Gasteiger partial charge in [0.25, 0.3) is 11.8 Å². The first-order chi connectivity index (χ1) is 12.5. The quantitative estimate of drug-likeness (QED) is 0.739. The highest BCUT2D eigenvalue weighted by molar-refractivity contribution is 7.14. The summed E-state index contributed by atoms with van der Waals surface area (Å²) in [5.74, 6) is -0.564. The zero-order valence-corrected chi connectivity index (χ0v) is 15.4. The van der Waals surface area contributed by atoms with E-state index in [9.17, 15) is 9.59 Å². The minimum Gasteiger partial charge on any atom is -0.365 e. The molecule has 7 heteroatoms. The number of thiophene rings is 1. The molecular weight excluding hydrogens is 370 g/mol. The van der Waals surface area contributed by atoms with E-state index < -0.39 is 5.91 Å². The number of carbonyl (C=O) groups excluding carboxylic acids is 2. The van der Waals surface area contributed by atoms with E-state index in [2.05, 4.69) is 4.98 Å². The fraction of sp³-hybridized carbons (Fsp3) is 0.211. The van der Waals surface area contributed by atoms with Crippen LogP contribution in [0.3, 0.4) is 0 Å². The Balaban J connectivity index is 1.66. The summed E-state index contributed by atoms with van der Waals surface area (Å²) in [5.41, 5.74) is 6.35. The Bertz CT molecular complexity index is 1020. The van der Waals surface area contributed by atoms with E-state index in [1.54, 1.807) is 18.2 Å². The molecule has 3 heterocycles. The fourth-order valence-electron chi connectivity index (χ4n) is 3.35. The molecule has 5 nitrogen and oxygen atoms in total. The van der Waals surface area contributed by atoms with Crippen LogP contribution in [0.4, 0.5) is 0 Å². The second kappa shape index (κ2) is 6.70. The second-order valence-electron chi connectivity index (χ2n) is 6.23. The van der Waals surface area contributed by atoms with Crippen molar-refractivity contribution in [3.8, 4) is 0 Å². The average Bonchev–Trinajstić information content (AvgIpc) is 3.30. The number of pyridine rings is 1. The van der Waals surface area contributed by atoms with Crippen LogP contribution in [0, 0.1) is 0 Å². The van der Waals surface area contributed by atoms with Crippen molar-refractivity contribution in [1.29, 1.82) is 0 Å². The van der Waals surface area contributed by atoms with E-state index in [4.69, 9.17) is 17.3 Å². The highest BCUT2D eigenvalue weighted by Crippen LogP contribution is 2.36. The van der Waals surface area contributed by atoms with Crippen LogP contribution < -0.4 is 5.73 Å². The molecule has 0 saturated carbocycles. The number of amides is 2. The summed E-state index contributed by atoms with van der Waals surface area (Å²) < 4.78 is 0. The monoisotopic (exact) mass is 385 g/mol. The van der Waals surface area contributed by atoms with Gasteiger partial charge in [-0.1, -0.05) is 29.8 Å². The van der Waals surface area contributed by atoms with E-state index in [0.717, 1.165) is 23.1 Å². The molecular formula is C19H16ClN3O2S. The van der Waals surface area contributed by atoms with Crippen molar-refractivity contribution in [2.24, 2.45) is 5.73 Å². The maximum absolute atomic E-state index is 13.1. The van der Waals surface area contributed by atoms with E-state index >= 15 is 0 Å². The van der Waals surface area contributed by atoms with Crippen LogP contribution in [0.2, 0.25) is 5.02 Å². The first-order valence-electron chi connectivity index (χ1n) is 8.30. The molecule has 0 spiro atoms. The number of aromatic nitrogens is 1. The molecule has 2 N–H and O–H groups in total. The number of hydrogen-bond acceptors (Lipinski definition) is 4. The molecule has 3 aromatic rings. The largest absolute Gasteiger partial charge is 0.365 e. The van der Waals surface area contributed by atoms with Crippen LogP contribution in [0.5, 0.6) is 0 Å². The minimum absolute atomic E-state index is 0.0515. The third-order valence-corrected chi connectivity index (χ3v) is 6.11. The fourth-order valence-corrected chi connectivity index (χ4v) is 4.58. The van der Waals surface area contributed by atoms with E-state index in [0.29, 0.717) is 27.7 Å². The standard InChI is InChI=1S/C19H16ClN3O2S/c20-12-4-1-3-11-6-7-13(22-17(11)12)19(25)23-10-2-5-14(23)15-8-9-16(26-15)18(21)24/h1,3-4,6-9,14H,2,5,10H2,(H2,21,24). The molecule has 2 amide bonds. The van der Waals surface area contributed by atoms with Gasteiger partial charge < -0.3 is 10.6 Å². The first kappa shape index (κ1) is 17.0. The Hall–Kier alpha value is -2.44. The van der Waals surface area contributed by atoms with Crippen LogP contribution in [-0.2, 0) is 0 Å². The van der Waals surface area contributed by atoms with Crippen molar-refractivity contribution >= 4 is 45.7 Å². The van der Waals surface area contributed by atoms with Gasteiger partial charge in [0.1, 0.15) is 5.69 Å². The summed E-state index contributed by atoms with van der Waals surface area (Å²) >= 11 is 7.57. The topological polar surface area (TPSA) is 76.3 Å². The Morgan fingerprint density at radius 2 is 2.04 bits per heavy atom. The predicted octanol–water partition coefficient (Wildman–Crippen LogP) is 4.03. The van der Waals surface area contributed by atoms with Crippen molar-refractivity contribution in [3.63, 3.8) is 0 Å². The number of para-hydroxylation sites is 1. The molecule has 1 aliphatic heterocycles. The van der Waals surface area contributed by atoms with E-state index in [1.165, 1.54) is 11.3 Å². The van der Waals surface area contributed by atoms with E-state index in [-0.39, 0.29) is 11.9 Å². The number of hydrogen-bond donors (Lipinski definition) is 1. The Morgan fingerprint density at radius 3 is 2.81 bits per heavy atom. The van der Waals surface area contributed by atoms with Crippen LogP contribution in [0.25, 0.3) is 10.9 Å². The summed E-state index contributed by atoms with van der Waals surface area (Å²) in [6.07, 6.45) is 1.77. The van der Waals surface area contributed by atoms with Gasteiger partial charge >= 0.3 is 0 Å². The molecule has 0 bridgehead atoms. The van der Waals surface area contributed by atoms with Crippen LogP contribution >= 0.6 is 22.9 Å². The SMILES string of the molecule is NC(=O)c1ccc(C2CCCN2C(=O)c2ccc3cccc(Cl)c3n2)s1.